The Morgan fingerprint density at radius 3 is 2.85 bits per heavy atom. The summed E-state index contributed by atoms with van der Waals surface area (Å²) in [5.74, 6) is 4.05. The fraction of sp³-hybridized carbons (Fsp3) is 0.500. The third-order valence-corrected chi connectivity index (χ3v) is 3.92. The fourth-order valence-electron chi connectivity index (χ4n) is 1.96. The van der Waals surface area contributed by atoms with E-state index < -0.39 is 0 Å². The van der Waals surface area contributed by atoms with Gasteiger partial charge in [-0.15, -0.1) is 0 Å². The number of hydrogen-bond donors (Lipinski definition) is 0. The third-order valence-electron chi connectivity index (χ3n) is 2.81. The standard InChI is InChI=1S/C12H16S/c1-9(2)12-8-13-7-10-5-3-4-6-11(10)12/h3-6,9,12H,7-8H2,1-2H3. The van der Waals surface area contributed by atoms with Crippen LogP contribution in [0.2, 0.25) is 0 Å². The highest BCUT2D eigenvalue weighted by molar-refractivity contribution is 7.98. The molecule has 0 aromatic heterocycles. The van der Waals surface area contributed by atoms with Crippen molar-refractivity contribution in [2.75, 3.05) is 5.75 Å². The van der Waals surface area contributed by atoms with Gasteiger partial charge in [0, 0.05) is 11.5 Å². The van der Waals surface area contributed by atoms with E-state index in [9.17, 15) is 0 Å². The Morgan fingerprint density at radius 2 is 2.08 bits per heavy atom. The molecule has 1 heterocycles. The van der Waals surface area contributed by atoms with Gasteiger partial charge in [0.15, 0.2) is 0 Å². The summed E-state index contributed by atoms with van der Waals surface area (Å²) in [6, 6.07) is 8.91. The number of hydrogen-bond acceptors (Lipinski definition) is 1. The Kier molecular flexibility index (Phi) is 2.63. The molecule has 1 aliphatic heterocycles. The van der Waals surface area contributed by atoms with Crippen molar-refractivity contribution >= 4 is 11.8 Å². The Bertz CT molecular complexity index is 291. The number of rotatable bonds is 1. The Balaban J connectivity index is 2.37. The molecular formula is C12H16S. The SMILES string of the molecule is CC(C)C1CSCc2ccccc21. The molecule has 1 unspecified atom stereocenters. The summed E-state index contributed by atoms with van der Waals surface area (Å²) in [7, 11) is 0. The second kappa shape index (κ2) is 3.75. The van der Waals surface area contributed by atoms with E-state index in [0.717, 1.165) is 11.8 Å². The van der Waals surface area contributed by atoms with Crippen LogP contribution in [0.5, 0.6) is 0 Å². The molecule has 0 radical (unpaired) electrons. The van der Waals surface area contributed by atoms with Crippen molar-refractivity contribution in [3.8, 4) is 0 Å². The first kappa shape index (κ1) is 9.14. The molecule has 0 nitrogen and oxygen atoms in total. The minimum Gasteiger partial charge on any atom is -0.157 e. The first-order chi connectivity index (χ1) is 6.29. The molecule has 1 aromatic rings. The van der Waals surface area contributed by atoms with Crippen LogP contribution in [-0.2, 0) is 5.75 Å². The molecule has 0 spiro atoms. The van der Waals surface area contributed by atoms with Crippen LogP contribution in [0, 0.1) is 5.92 Å². The molecule has 0 bridgehead atoms. The first-order valence-electron chi connectivity index (χ1n) is 4.94. The zero-order chi connectivity index (χ0) is 9.26. The van der Waals surface area contributed by atoms with Crippen LogP contribution in [0.1, 0.15) is 30.9 Å². The maximum absolute atomic E-state index is 2.33. The molecule has 0 amide bonds. The van der Waals surface area contributed by atoms with Crippen molar-refractivity contribution in [3.63, 3.8) is 0 Å². The van der Waals surface area contributed by atoms with E-state index in [1.165, 1.54) is 11.5 Å². The summed E-state index contributed by atoms with van der Waals surface area (Å²) >= 11 is 2.07. The lowest BCUT2D eigenvalue weighted by molar-refractivity contribution is 0.536. The van der Waals surface area contributed by atoms with Gasteiger partial charge in [-0.05, 0) is 23.0 Å². The van der Waals surface area contributed by atoms with E-state index in [4.69, 9.17) is 0 Å². The molecule has 0 aliphatic carbocycles. The second-order valence-electron chi connectivity index (χ2n) is 4.06. The van der Waals surface area contributed by atoms with Gasteiger partial charge in [-0.25, -0.2) is 0 Å². The van der Waals surface area contributed by atoms with E-state index in [-0.39, 0.29) is 0 Å². The third kappa shape index (κ3) is 1.76. The molecule has 1 atom stereocenters. The van der Waals surface area contributed by atoms with Gasteiger partial charge in [0.05, 0.1) is 0 Å². The first-order valence-corrected chi connectivity index (χ1v) is 6.10. The summed E-state index contributed by atoms with van der Waals surface area (Å²) < 4.78 is 0. The van der Waals surface area contributed by atoms with Crippen molar-refractivity contribution in [2.24, 2.45) is 5.92 Å². The lowest BCUT2D eigenvalue weighted by Gasteiger charge is -2.27. The van der Waals surface area contributed by atoms with E-state index in [0.29, 0.717) is 0 Å². The van der Waals surface area contributed by atoms with Gasteiger partial charge in [-0.3, -0.25) is 0 Å². The number of thioether (sulfide) groups is 1. The van der Waals surface area contributed by atoms with Crippen LogP contribution in [0.4, 0.5) is 0 Å². The molecule has 1 heteroatoms. The molecule has 0 fully saturated rings. The summed E-state index contributed by atoms with van der Waals surface area (Å²) in [6.07, 6.45) is 0. The second-order valence-corrected chi connectivity index (χ2v) is 5.09. The molecule has 70 valence electrons. The van der Waals surface area contributed by atoms with Gasteiger partial charge in [0.2, 0.25) is 0 Å². The number of benzene rings is 1. The summed E-state index contributed by atoms with van der Waals surface area (Å²) in [6.45, 7) is 4.65. The fourth-order valence-corrected chi connectivity index (χ4v) is 3.38. The van der Waals surface area contributed by atoms with Crippen molar-refractivity contribution in [3.05, 3.63) is 35.4 Å². The quantitative estimate of drug-likeness (QED) is 0.654. The van der Waals surface area contributed by atoms with Gasteiger partial charge < -0.3 is 0 Å². The topological polar surface area (TPSA) is 0 Å². The van der Waals surface area contributed by atoms with Gasteiger partial charge >= 0.3 is 0 Å². The molecule has 0 N–H and O–H groups in total. The zero-order valence-corrected chi connectivity index (χ0v) is 9.10. The Morgan fingerprint density at radius 1 is 1.31 bits per heavy atom. The summed E-state index contributed by atoms with van der Waals surface area (Å²) in [5, 5.41) is 0. The smallest absolute Gasteiger partial charge is 0.0187 e. The van der Waals surface area contributed by atoms with Crippen LogP contribution in [0.15, 0.2) is 24.3 Å². The van der Waals surface area contributed by atoms with Crippen LogP contribution in [0.25, 0.3) is 0 Å². The minimum absolute atomic E-state index is 0.772. The predicted molar refractivity (Wildman–Crippen MR) is 60.2 cm³/mol. The lowest BCUT2D eigenvalue weighted by Crippen LogP contribution is -2.15. The van der Waals surface area contributed by atoms with Crippen LogP contribution >= 0.6 is 11.8 Å². The van der Waals surface area contributed by atoms with Crippen molar-refractivity contribution in [1.29, 1.82) is 0 Å². The maximum Gasteiger partial charge on any atom is 0.0187 e. The van der Waals surface area contributed by atoms with Gasteiger partial charge in [0.1, 0.15) is 0 Å². The summed E-state index contributed by atoms with van der Waals surface area (Å²) in [5.41, 5.74) is 3.15. The molecule has 0 saturated carbocycles. The van der Waals surface area contributed by atoms with Gasteiger partial charge in [-0.2, -0.15) is 11.8 Å². The van der Waals surface area contributed by atoms with Crippen LogP contribution < -0.4 is 0 Å². The van der Waals surface area contributed by atoms with Crippen LogP contribution in [-0.4, -0.2) is 5.75 Å². The van der Waals surface area contributed by atoms with E-state index in [1.807, 2.05) is 0 Å². The van der Waals surface area contributed by atoms with Crippen molar-refractivity contribution in [2.45, 2.75) is 25.5 Å². The van der Waals surface area contributed by atoms with Gasteiger partial charge in [-0.1, -0.05) is 38.1 Å². The normalized spacial score (nSPS) is 21.6. The minimum atomic E-state index is 0.772. The highest BCUT2D eigenvalue weighted by Crippen LogP contribution is 2.37. The van der Waals surface area contributed by atoms with Crippen molar-refractivity contribution < 1.29 is 0 Å². The van der Waals surface area contributed by atoms with Gasteiger partial charge in [0.25, 0.3) is 0 Å². The summed E-state index contributed by atoms with van der Waals surface area (Å²) in [4.78, 5) is 0. The average Bonchev–Trinajstić information content (AvgIpc) is 2.17. The molecular weight excluding hydrogens is 176 g/mol. The van der Waals surface area contributed by atoms with E-state index >= 15 is 0 Å². The zero-order valence-electron chi connectivity index (χ0n) is 8.29. The van der Waals surface area contributed by atoms with Crippen molar-refractivity contribution in [1.82, 2.24) is 0 Å². The monoisotopic (exact) mass is 192 g/mol. The molecule has 1 aromatic carbocycles. The highest BCUT2D eigenvalue weighted by Gasteiger charge is 2.22. The molecule has 13 heavy (non-hydrogen) atoms. The Labute approximate surface area is 84.7 Å². The predicted octanol–water partition coefficient (Wildman–Crippen LogP) is 3.67. The molecule has 2 rings (SSSR count). The van der Waals surface area contributed by atoms with Crippen LogP contribution in [0.3, 0.4) is 0 Å². The van der Waals surface area contributed by atoms with E-state index in [1.54, 1.807) is 11.1 Å². The van der Waals surface area contributed by atoms with E-state index in [2.05, 4.69) is 49.9 Å². The Hall–Kier alpha value is -0.430. The lowest BCUT2D eigenvalue weighted by atomic mass is 9.87. The largest absolute Gasteiger partial charge is 0.157 e. The maximum atomic E-state index is 2.33. The molecule has 1 aliphatic rings. The average molecular weight is 192 g/mol. The number of fused-ring (bicyclic) bond motifs is 1. The molecule has 0 saturated heterocycles. The highest BCUT2D eigenvalue weighted by atomic mass is 32.2.